The summed E-state index contributed by atoms with van der Waals surface area (Å²) in [7, 11) is 0. The van der Waals surface area contributed by atoms with Gasteiger partial charge in [-0.2, -0.15) is 0 Å². The molecule has 3 atom stereocenters. The summed E-state index contributed by atoms with van der Waals surface area (Å²) >= 11 is 0. The highest BCUT2D eigenvalue weighted by atomic mass is 16.6. The number of benzene rings is 1. The topological polar surface area (TPSA) is 106 Å². The van der Waals surface area contributed by atoms with Crippen molar-refractivity contribution in [1.82, 2.24) is 0 Å². The minimum absolute atomic E-state index is 0.420. The maximum Gasteiger partial charge on any atom is 0.341 e. The van der Waals surface area contributed by atoms with Crippen LogP contribution in [0.2, 0.25) is 0 Å². The third-order valence-corrected chi connectivity index (χ3v) is 4.83. The normalized spacial score (nSPS) is 20.2. The second kappa shape index (κ2) is 6.10. The summed E-state index contributed by atoms with van der Waals surface area (Å²) in [6, 6.07) is 6.55. The summed E-state index contributed by atoms with van der Waals surface area (Å²) in [6.07, 6.45) is -1.28. The average molecular weight is 362 g/mol. The van der Waals surface area contributed by atoms with Crippen LogP contribution in [-0.4, -0.2) is 39.6 Å². The molecule has 26 heavy (non-hydrogen) atoms. The number of rotatable bonds is 4. The Morgan fingerprint density at radius 2 is 2.00 bits per heavy atom. The van der Waals surface area contributed by atoms with Gasteiger partial charge in [0.1, 0.15) is 23.0 Å². The van der Waals surface area contributed by atoms with Crippen LogP contribution in [0.5, 0.6) is 5.75 Å². The van der Waals surface area contributed by atoms with Crippen molar-refractivity contribution in [3.8, 4) is 5.75 Å². The summed E-state index contributed by atoms with van der Waals surface area (Å²) < 4.78 is 16.5. The predicted octanol–water partition coefficient (Wildman–Crippen LogP) is 1.55. The molecular formula is C19H22O7. The summed E-state index contributed by atoms with van der Waals surface area (Å²) in [4.78, 5) is 23.6. The van der Waals surface area contributed by atoms with Crippen molar-refractivity contribution < 1.29 is 28.9 Å². The van der Waals surface area contributed by atoms with Crippen molar-refractivity contribution in [3.05, 3.63) is 40.2 Å². The Hall–Kier alpha value is -2.38. The third kappa shape index (κ3) is 3.20. The molecule has 1 aromatic heterocycles. The van der Waals surface area contributed by atoms with E-state index in [9.17, 15) is 19.8 Å². The largest absolute Gasteiger partial charge is 0.485 e. The first-order valence-electron chi connectivity index (χ1n) is 8.38. The van der Waals surface area contributed by atoms with Crippen molar-refractivity contribution in [3.63, 3.8) is 0 Å². The predicted molar refractivity (Wildman–Crippen MR) is 93.1 cm³/mol. The van der Waals surface area contributed by atoms with Gasteiger partial charge in [0, 0.05) is 23.9 Å². The van der Waals surface area contributed by atoms with Gasteiger partial charge in [-0.15, -0.1) is 0 Å². The van der Waals surface area contributed by atoms with Crippen LogP contribution < -0.4 is 10.4 Å². The molecule has 2 N–H and O–H groups in total. The van der Waals surface area contributed by atoms with E-state index in [0.29, 0.717) is 17.8 Å². The molecule has 3 rings (SSSR count). The van der Waals surface area contributed by atoms with Gasteiger partial charge in [-0.3, -0.25) is 0 Å². The lowest BCUT2D eigenvalue weighted by Crippen LogP contribution is -2.52. The number of hydrogen-bond donors (Lipinski definition) is 2. The van der Waals surface area contributed by atoms with E-state index in [0.717, 1.165) is 10.9 Å². The van der Waals surface area contributed by atoms with Gasteiger partial charge in [-0.05, 0) is 45.4 Å². The van der Waals surface area contributed by atoms with Gasteiger partial charge in [-0.25, -0.2) is 9.59 Å². The fourth-order valence-corrected chi connectivity index (χ4v) is 2.77. The van der Waals surface area contributed by atoms with Crippen LogP contribution in [0.25, 0.3) is 11.0 Å². The second-order valence-corrected chi connectivity index (χ2v) is 7.38. The molecule has 0 unspecified atom stereocenters. The molecule has 1 aliphatic rings. The summed E-state index contributed by atoms with van der Waals surface area (Å²) in [5, 5.41) is 20.4. The van der Waals surface area contributed by atoms with Gasteiger partial charge in [0.05, 0.1) is 6.10 Å². The van der Waals surface area contributed by atoms with E-state index in [1.165, 1.54) is 19.9 Å². The van der Waals surface area contributed by atoms with E-state index >= 15 is 0 Å². The van der Waals surface area contributed by atoms with Gasteiger partial charge in [0.15, 0.2) is 5.60 Å². The monoisotopic (exact) mass is 362 g/mol. The van der Waals surface area contributed by atoms with E-state index in [1.807, 2.05) is 6.07 Å². The Balaban J connectivity index is 1.83. The van der Waals surface area contributed by atoms with Crippen molar-refractivity contribution in [1.29, 1.82) is 0 Å². The number of hydrogen-bond acceptors (Lipinski definition) is 7. The first kappa shape index (κ1) is 18.4. The summed E-state index contributed by atoms with van der Waals surface area (Å²) in [6.45, 7) is 5.88. The Morgan fingerprint density at radius 1 is 1.31 bits per heavy atom. The first-order chi connectivity index (χ1) is 12.0. The number of carbonyl (C=O) groups excluding carboxylic acids is 1. The zero-order valence-corrected chi connectivity index (χ0v) is 15.1. The number of esters is 1. The molecule has 0 radical (unpaired) electrons. The minimum atomic E-state index is -2.01. The van der Waals surface area contributed by atoms with Crippen LogP contribution >= 0.6 is 0 Å². The quantitative estimate of drug-likeness (QED) is 0.628. The van der Waals surface area contributed by atoms with Crippen molar-refractivity contribution in [2.24, 2.45) is 0 Å². The van der Waals surface area contributed by atoms with Crippen LogP contribution in [0.15, 0.2) is 33.5 Å². The van der Waals surface area contributed by atoms with Gasteiger partial charge in [-0.1, -0.05) is 0 Å². The van der Waals surface area contributed by atoms with Gasteiger partial charge in [0.25, 0.3) is 0 Å². The molecule has 1 aliphatic heterocycles. The SMILES string of the molecule is C[C@H](O)[C@](C)(O)C(=O)OC(C)(C)[C@H]1Cc2cc3ccc(=O)oc3cc2O1. The number of aliphatic hydroxyl groups is 2. The lowest BCUT2D eigenvalue weighted by atomic mass is 9.95. The van der Waals surface area contributed by atoms with Crippen LogP contribution in [0.1, 0.15) is 33.3 Å². The molecule has 0 aliphatic carbocycles. The van der Waals surface area contributed by atoms with Crippen LogP contribution in [0, 0.1) is 0 Å². The standard InChI is InChI=1S/C19H22O7/c1-10(20)19(4,23)17(22)26-18(2,3)15-8-12-7-11-5-6-16(21)25-13(11)9-14(12)24-15/h5-7,9-10,15,20,23H,8H2,1-4H3/t10-,15+,19-/m0/s1. The lowest BCUT2D eigenvalue weighted by Gasteiger charge is -2.34. The Bertz CT molecular complexity index is 908. The van der Waals surface area contributed by atoms with Gasteiger partial charge >= 0.3 is 11.6 Å². The fraction of sp³-hybridized carbons (Fsp3) is 0.474. The Kier molecular flexibility index (Phi) is 4.32. The number of carbonyl (C=O) groups is 1. The van der Waals surface area contributed by atoms with Crippen LogP contribution in [0.3, 0.4) is 0 Å². The summed E-state index contributed by atoms with van der Waals surface area (Å²) in [5.74, 6) is -0.364. The maximum atomic E-state index is 12.2. The Morgan fingerprint density at radius 3 is 2.65 bits per heavy atom. The average Bonchev–Trinajstić information content (AvgIpc) is 2.95. The molecule has 2 aromatic rings. The summed E-state index contributed by atoms with van der Waals surface area (Å²) in [5.41, 5.74) is -2.18. The van der Waals surface area contributed by atoms with E-state index in [-0.39, 0.29) is 0 Å². The van der Waals surface area contributed by atoms with E-state index in [1.54, 1.807) is 26.0 Å². The molecule has 0 saturated carbocycles. The van der Waals surface area contributed by atoms with Crippen molar-refractivity contribution in [2.75, 3.05) is 0 Å². The second-order valence-electron chi connectivity index (χ2n) is 7.38. The van der Waals surface area contributed by atoms with E-state index in [2.05, 4.69) is 0 Å². The van der Waals surface area contributed by atoms with E-state index in [4.69, 9.17) is 13.9 Å². The fourth-order valence-electron chi connectivity index (χ4n) is 2.77. The molecule has 0 spiro atoms. The molecule has 2 heterocycles. The van der Waals surface area contributed by atoms with Gasteiger partial charge in [0.2, 0.25) is 0 Å². The minimum Gasteiger partial charge on any atom is -0.485 e. The molecule has 1 aromatic carbocycles. The number of ether oxygens (including phenoxy) is 2. The molecule has 0 amide bonds. The molecule has 0 fully saturated rings. The van der Waals surface area contributed by atoms with Gasteiger partial charge < -0.3 is 24.1 Å². The molecule has 7 heteroatoms. The zero-order valence-electron chi connectivity index (χ0n) is 15.1. The zero-order chi connectivity index (χ0) is 19.3. The lowest BCUT2D eigenvalue weighted by molar-refractivity contribution is -0.193. The highest BCUT2D eigenvalue weighted by Gasteiger charge is 2.45. The molecule has 0 bridgehead atoms. The smallest absolute Gasteiger partial charge is 0.341 e. The number of aliphatic hydroxyl groups excluding tert-OH is 1. The van der Waals surface area contributed by atoms with Crippen LogP contribution in [-0.2, 0) is 16.0 Å². The molecule has 0 saturated heterocycles. The first-order valence-corrected chi connectivity index (χ1v) is 8.38. The molecule has 7 nitrogen and oxygen atoms in total. The third-order valence-electron chi connectivity index (χ3n) is 4.83. The van der Waals surface area contributed by atoms with Crippen molar-refractivity contribution in [2.45, 2.75) is 57.5 Å². The maximum absolute atomic E-state index is 12.2. The Labute approximate surface area is 150 Å². The molecular weight excluding hydrogens is 340 g/mol. The van der Waals surface area contributed by atoms with Crippen molar-refractivity contribution >= 4 is 16.9 Å². The highest BCUT2D eigenvalue weighted by molar-refractivity contribution is 5.80. The number of fused-ring (bicyclic) bond motifs is 2. The molecule has 140 valence electrons. The van der Waals surface area contributed by atoms with E-state index < -0.39 is 35.0 Å². The highest BCUT2D eigenvalue weighted by Crippen LogP contribution is 2.37. The van der Waals surface area contributed by atoms with Crippen LogP contribution in [0.4, 0.5) is 0 Å².